The number of likely N-dealkylation sites (N-methyl/N-ethyl adjacent to an activating group) is 1. The molecule has 1 aromatic carbocycles. The van der Waals surface area contributed by atoms with Crippen LogP contribution in [0.15, 0.2) is 24.3 Å². The van der Waals surface area contributed by atoms with Gasteiger partial charge in [-0.05, 0) is 36.4 Å². The Morgan fingerprint density at radius 1 is 1.12 bits per heavy atom. The van der Waals surface area contributed by atoms with Crippen molar-refractivity contribution in [2.45, 2.75) is 26.3 Å². The first-order valence-electron chi connectivity index (χ1n) is 7.60. The van der Waals surface area contributed by atoms with Crippen molar-refractivity contribution in [3.63, 3.8) is 0 Å². The average molecular weight is 366 g/mol. The van der Waals surface area contributed by atoms with Gasteiger partial charge in [-0.25, -0.2) is 4.79 Å². The van der Waals surface area contributed by atoms with E-state index in [2.05, 4.69) is 5.32 Å². The van der Waals surface area contributed by atoms with Gasteiger partial charge in [0, 0.05) is 33.2 Å². The van der Waals surface area contributed by atoms with Gasteiger partial charge in [0.1, 0.15) is 17.6 Å². The fraction of sp³-hybridized carbons (Fsp3) is 0.412. The number of hydrogen-bond acceptors (Lipinski definition) is 6. The van der Waals surface area contributed by atoms with Crippen molar-refractivity contribution in [2.75, 3.05) is 19.8 Å². The summed E-state index contributed by atoms with van der Waals surface area (Å²) < 4.78 is 5.17. The third-order valence-electron chi connectivity index (χ3n) is 3.06. The zero-order chi connectivity index (χ0) is 19.0. The molecule has 0 spiro atoms. The van der Waals surface area contributed by atoms with Crippen LogP contribution < -0.4 is 10.1 Å². The number of rotatable bonds is 7. The van der Waals surface area contributed by atoms with E-state index >= 15 is 0 Å². The Balaban J connectivity index is 2.58. The van der Waals surface area contributed by atoms with Gasteiger partial charge in [-0.3, -0.25) is 14.4 Å². The first-order valence-corrected chi connectivity index (χ1v) is 8.59. The highest BCUT2D eigenvalue weighted by Crippen LogP contribution is 2.17. The van der Waals surface area contributed by atoms with Crippen LogP contribution in [0.2, 0.25) is 0 Å². The van der Waals surface area contributed by atoms with Crippen molar-refractivity contribution in [1.29, 1.82) is 0 Å². The van der Waals surface area contributed by atoms with Crippen molar-refractivity contribution < 1.29 is 23.9 Å². The van der Waals surface area contributed by atoms with Crippen LogP contribution in [-0.2, 0) is 20.8 Å². The van der Waals surface area contributed by atoms with E-state index in [4.69, 9.17) is 4.74 Å². The number of ether oxygens (including phenoxy) is 1. The van der Waals surface area contributed by atoms with Gasteiger partial charge in [0.15, 0.2) is 0 Å². The molecule has 0 radical (unpaired) electrons. The number of carbonyl (C=O) groups is 4. The zero-order valence-electron chi connectivity index (χ0n) is 14.7. The summed E-state index contributed by atoms with van der Waals surface area (Å²) in [5.41, 5.74) is 0.835. The summed E-state index contributed by atoms with van der Waals surface area (Å²) >= 11 is 0.804. The van der Waals surface area contributed by atoms with Crippen LogP contribution >= 0.6 is 11.8 Å². The summed E-state index contributed by atoms with van der Waals surface area (Å²) in [7, 11) is 3.14. The average Bonchev–Trinajstić information content (AvgIpc) is 2.51. The molecule has 0 aliphatic rings. The molecule has 8 heteroatoms. The maximum atomic E-state index is 12.0. The lowest BCUT2D eigenvalue weighted by molar-refractivity contribution is -0.133. The normalized spacial score (nSPS) is 11.4. The topological polar surface area (TPSA) is 92.8 Å². The molecule has 0 saturated heterocycles. The minimum absolute atomic E-state index is 0.0508. The Kier molecular flexibility index (Phi) is 8.13. The summed E-state index contributed by atoms with van der Waals surface area (Å²) in [4.78, 5) is 47.5. The highest BCUT2D eigenvalue weighted by atomic mass is 32.2. The molecule has 1 rings (SSSR count). The molecule has 0 aromatic heterocycles. The van der Waals surface area contributed by atoms with E-state index in [0.29, 0.717) is 12.2 Å². The first-order chi connectivity index (χ1) is 11.7. The van der Waals surface area contributed by atoms with Crippen LogP contribution in [0, 0.1) is 0 Å². The Hall–Kier alpha value is -2.35. The van der Waals surface area contributed by atoms with E-state index in [-0.39, 0.29) is 23.4 Å². The van der Waals surface area contributed by atoms with Crippen LogP contribution in [0.25, 0.3) is 0 Å². The number of ketones is 1. The van der Waals surface area contributed by atoms with E-state index in [1.54, 1.807) is 38.4 Å². The number of nitrogens with one attached hydrogen (secondary N) is 1. The lowest BCUT2D eigenvalue weighted by atomic mass is 10.1. The SMILES string of the molecule is CC(=O)Cc1ccc(OC(=O)SCC(NC(C)=O)C(=O)N(C)C)cc1. The molecule has 1 N–H and O–H groups in total. The van der Waals surface area contributed by atoms with Gasteiger partial charge in [0.25, 0.3) is 0 Å². The second kappa shape index (κ2) is 9.83. The number of thioether (sulfide) groups is 1. The number of amides is 2. The van der Waals surface area contributed by atoms with Crippen molar-refractivity contribution >= 4 is 34.7 Å². The highest BCUT2D eigenvalue weighted by molar-refractivity contribution is 8.13. The third kappa shape index (κ3) is 7.84. The molecule has 2 amide bonds. The van der Waals surface area contributed by atoms with Crippen LogP contribution in [0.5, 0.6) is 5.75 Å². The van der Waals surface area contributed by atoms with Crippen molar-refractivity contribution in [3.05, 3.63) is 29.8 Å². The predicted octanol–water partition coefficient (Wildman–Crippen LogP) is 1.64. The molecule has 1 unspecified atom stereocenters. The summed E-state index contributed by atoms with van der Waals surface area (Å²) in [5.74, 6) is -0.188. The summed E-state index contributed by atoms with van der Waals surface area (Å²) in [5, 5.41) is 1.93. The summed E-state index contributed by atoms with van der Waals surface area (Å²) in [6.45, 7) is 2.81. The fourth-order valence-electron chi connectivity index (χ4n) is 1.97. The van der Waals surface area contributed by atoms with Crippen molar-refractivity contribution in [3.8, 4) is 5.75 Å². The second-order valence-corrected chi connectivity index (χ2v) is 6.63. The molecule has 7 nitrogen and oxygen atoms in total. The Bertz CT molecular complexity index is 643. The molecule has 0 aliphatic carbocycles. The van der Waals surface area contributed by atoms with Gasteiger partial charge < -0.3 is 15.0 Å². The molecule has 0 saturated carbocycles. The van der Waals surface area contributed by atoms with Crippen molar-refractivity contribution in [2.24, 2.45) is 0 Å². The molecule has 0 aliphatic heterocycles. The number of benzene rings is 1. The Morgan fingerprint density at radius 3 is 2.20 bits per heavy atom. The molecular formula is C17H22N2O5S. The standard InChI is InChI=1S/C17H22N2O5S/c1-11(20)9-13-5-7-14(8-6-13)24-17(23)25-10-15(18-12(2)21)16(22)19(3)4/h5-8,15H,9-10H2,1-4H3,(H,18,21). The molecule has 1 aromatic rings. The zero-order valence-corrected chi connectivity index (χ0v) is 15.5. The largest absolute Gasteiger partial charge is 0.418 e. The maximum Gasteiger partial charge on any atom is 0.372 e. The smallest absolute Gasteiger partial charge is 0.372 e. The van der Waals surface area contributed by atoms with Crippen LogP contribution in [0.1, 0.15) is 19.4 Å². The van der Waals surface area contributed by atoms with Gasteiger partial charge in [-0.1, -0.05) is 12.1 Å². The Morgan fingerprint density at radius 2 is 1.72 bits per heavy atom. The van der Waals surface area contributed by atoms with Crippen LogP contribution in [0.3, 0.4) is 0 Å². The molecular weight excluding hydrogens is 344 g/mol. The maximum absolute atomic E-state index is 12.0. The molecule has 25 heavy (non-hydrogen) atoms. The summed E-state index contributed by atoms with van der Waals surface area (Å²) in [6.07, 6.45) is 0.327. The predicted molar refractivity (Wildman–Crippen MR) is 95.6 cm³/mol. The lowest BCUT2D eigenvalue weighted by Gasteiger charge is -2.20. The number of carbonyl (C=O) groups excluding carboxylic acids is 4. The fourth-order valence-corrected chi connectivity index (χ4v) is 2.66. The number of Topliss-reactive ketones (excluding diaryl/α,β-unsaturated/α-hetero) is 1. The summed E-state index contributed by atoms with van der Waals surface area (Å²) in [6, 6.07) is 5.83. The number of hydrogen-bond donors (Lipinski definition) is 1. The van der Waals surface area contributed by atoms with Crippen LogP contribution in [0.4, 0.5) is 4.79 Å². The number of nitrogens with zero attached hydrogens (tertiary/aromatic N) is 1. The minimum atomic E-state index is -0.803. The van der Waals surface area contributed by atoms with Gasteiger partial charge >= 0.3 is 5.30 Å². The van der Waals surface area contributed by atoms with E-state index in [9.17, 15) is 19.2 Å². The van der Waals surface area contributed by atoms with Gasteiger partial charge in [-0.15, -0.1) is 0 Å². The molecule has 0 heterocycles. The van der Waals surface area contributed by atoms with Gasteiger partial charge in [0.05, 0.1) is 0 Å². The van der Waals surface area contributed by atoms with E-state index in [1.807, 2.05) is 0 Å². The quantitative estimate of drug-likeness (QED) is 0.738. The van der Waals surface area contributed by atoms with E-state index in [1.165, 1.54) is 18.7 Å². The third-order valence-corrected chi connectivity index (χ3v) is 3.88. The van der Waals surface area contributed by atoms with E-state index < -0.39 is 11.3 Å². The van der Waals surface area contributed by atoms with Gasteiger partial charge in [-0.2, -0.15) is 0 Å². The molecule has 0 fully saturated rings. The highest BCUT2D eigenvalue weighted by Gasteiger charge is 2.23. The van der Waals surface area contributed by atoms with Gasteiger partial charge in [0.2, 0.25) is 11.8 Å². The lowest BCUT2D eigenvalue weighted by Crippen LogP contribution is -2.47. The molecule has 0 bridgehead atoms. The molecule has 136 valence electrons. The second-order valence-electron chi connectivity index (χ2n) is 5.67. The Labute approximate surface area is 151 Å². The first kappa shape index (κ1) is 20.7. The van der Waals surface area contributed by atoms with Crippen molar-refractivity contribution in [1.82, 2.24) is 10.2 Å². The minimum Gasteiger partial charge on any atom is -0.418 e. The van der Waals surface area contributed by atoms with E-state index in [0.717, 1.165) is 17.3 Å². The molecule has 1 atom stereocenters. The van der Waals surface area contributed by atoms with Crippen LogP contribution in [-0.4, -0.2) is 53.7 Å². The monoisotopic (exact) mass is 366 g/mol.